The van der Waals surface area contributed by atoms with Crippen LogP contribution >= 0.6 is 0 Å². The van der Waals surface area contributed by atoms with Gasteiger partial charge in [0.1, 0.15) is 12.5 Å². The molecule has 1 amide bonds. The van der Waals surface area contributed by atoms with Crippen LogP contribution < -0.4 is 0 Å². The van der Waals surface area contributed by atoms with Gasteiger partial charge in [-0.3, -0.25) is 4.79 Å². The predicted molar refractivity (Wildman–Crippen MR) is 40.9 cm³/mol. The molecule has 1 fully saturated rings. The van der Waals surface area contributed by atoms with E-state index in [9.17, 15) is 13.6 Å². The Kier molecular flexibility index (Phi) is 2.50. The zero-order chi connectivity index (χ0) is 10.1. The standard InChI is InChI=1S/C8H10F2N2O/c1-12(5-4-11)7(13)6-2-3-8(6,9)10/h6H,2-3,5H2,1H3. The molecule has 1 rings (SSSR count). The second kappa shape index (κ2) is 3.29. The van der Waals surface area contributed by atoms with Gasteiger partial charge in [-0.15, -0.1) is 0 Å². The molecule has 0 aromatic carbocycles. The molecule has 0 aromatic heterocycles. The first-order chi connectivity index (χ1) is 5.99. The molecule has 3 nitrogen and oxygen atoms in total. The summed E-state index contributed by atoms with van der Waals surface area (Å²) in [6.45, 7) is -0.134. The lowest BCUT2D eigenvalue weighted by molar-refractivity contribution is -0.170. The number of alkyl halides is 2. The third-order valence-electron chi connectivity index (χ3n) is 2.26. The van der Waals surface area contributed by atoms with Crippen molar-refractivity contribution >= 4 is 5.91 Å². The number of nitriles is 1. The third-order valence-corrected chi connectivity index (χ3v) is 2.26. The second-order valence-corrected chi connectivity index (χ2v) is 3.20. The highest BCUT2D eigenvalue weighted by atomic mass is 19.3. The SMILES string of the molecule is CN(CC#N)C(=O)C1CCC1(F)F. The van der Waals surface area contributed by atoms with Crippen LogP contribution in [0.25, 0.3) is 0 Å². The number of rotatable bonds is 2. The first-order valence-corrected chi connectivity index (χ1v) is 3.99. The van der Waals surface area contributed by atoms with Crippen molar-refractivity contribution in [2.24, 2.45) is 5.92 Å². The maximum absolute atomic E-state index is 12.7. The van der Waals surface area contributed by atoms with Crippen molar-refractivity contribution in [2.45, 2.75) is 18.8 Å². The van der Waals surface area contributed by atoms with E-state index in [2.05, 4.69) is 0 Å². The van der Waals surface area contributed by atoms with Crippen molar-refractivity contribution in [3.05, 3.63) is 0 Å². The van der Waals surface area contributed by atoms with Crippen LogP contribution in [0, 0.1) is 17.2 Å². The average Bonchev–Trinajstić information content (AvgIpc) is 2.03. The Morgan fingerprint density at radius 3 is 2.69 bits per heavy atom. The molecular weight excluding hydrogens is 178 g/mol. The molecule has 0 saturated heterocycles. The zero-order valence-electron chi connectivity index (χ0n) is 7.26. The van der Waals surface area contributed by atoms with Crippen LogP contribution in [-0.2, 0) is 4.79 Å². The van der Waals surface area contributed by atoms with Gasteiger partial charge in [-0.1, -0.05) is 0 Å². The van der Waals surface area contributed by atoms with E-state index >= 15 is 0 Å². The molecule has 13 heavy (non-hydrogen) atoms. The first-order valence-electron chi connectivity index (χ1n) is 3.99. The summed E-state index contributed by atoms with van der Waals surface area (Å²) in [7, 11) is 1.36. The number of hydrogen-bond donors (Lipinski definition) is 0. The molecule has 1 aliphatic rings. The van der Waals surface area contributed by atoms with Gasteiger partial charge in [0.25, 0.3) is 5.92 Å². The molecule has 0 aromatic rings. The Bertz CT molecular complexity index is 259. The van der Waals surface area contributed by atoms with Crippen LogP contribution in [0.1, 0.15) is 12.8 Å². The Hall–Kier alpha value is -1.18. The third kappa shape index (κ3) is 1.77. The van der Waals surface area contributed by atoms with E-state index in [1.54, 1.807) is 6.07 Å². The Morgan fingerprint density at radius 1 is 1.77 bits per heavy atom. The fourth-order valence-corrected chi connectivity index (χ4v) is 1.26. The van der Waals surface area contributed by atoms with Crippen molar-refractivity contribution < 1.29 is 13.6 Å². The fraction of sp³-hybridized carbons (Fsp3) is 0.750. The molecular formula is C8H10F2N2O. The van der Waals surface area contributed by atoms with E-state index in [-0.39, 0.29) is 19.4 Å². The number of carbonyl (C=O) groups excluding carboxylic acids is 1. The summed E-state index contributed by atoms with van der Waals surface area (Å²) in [4.78, 5) is 12.3. The van der Waals surface area contributed by atoms with E-state index < -0.39 is 17.7 Å². The lowest BCUT2D eigenvalue weighted by atomic mass is 9.80. The van der Waals surface area contributed by atoms with Crippen LogP contribution in [-0.4, -0.2) is 30.3 Å². The molecule has 0 N–H and O–H groups in total. The Labute approximate surface area is 74.9 Å². The number of nitrogens with zero attached hydrogens (tertiary/aromatic N) is 2. The smallest absolute Gasteiger partial charge is 0.259 e. The van der Waals surface area contributed by atoms with E-state index in [0.717, 1.165) is 4.90 Å². The van der Waals surface area contributed by atoms with Gasteiger partial charge in [-0.05, 0) is 6.42 Å². The minimum atomic E-state index is -2.86. The Balaban J connectivity index is 2.54. The highest BCUT2D eigenvalue weighted by molar-refractivity contribution is 5.80. The van der Waals surface area contributed by atoms with E-state index in [1.165, 1.54) is 7.05 Å². The van der Waals surface area contributed by atoms with Crippen molar-refractivity contribution in [2.75, 3.05) is 13.6 Å². The van der Waals surface area contributed by atoms with Gasteiger partial charge in [-0.25, -0.2) is 8.78 Å². The zero-order valence-corrected chi connectivity index (χ0v) is 7.26. The van der Waals surface area contributed by atoms with Crippen molar-refractivity contribution in [3.8, 4) is 6.07 Å². The molecule has 1 saturated carbocycles. The van der Waals surface area contributed by atoms with Gasteiger partial charge in [0.05, 0.1) is 6.07 Å². The van der Waals surface area contributed by atoms with Crippen LogP contribution in [0.2, 0.25) is 0 Å². The normalized spacial score (nSPS) is 24.3. The fourth-order valence-electron chi connectivity index (χ4n) is 1.26. The molecule has 0 heterocycles. The highest BCUT2D eigenvalue weighted by Crippen LogP contribution is 2.44. The highest BCUT2D eigenvalue weighted by Gasteiger charge is 2.53. The minimum Gasteiger partial charge on any atom is -0.332 e. The van der Waals surface area contributed by atoms with Gasteiger partial charge < -0.3 is 4.90 Å². The van der Waals surface area contributed by atoms with Gasteiger partial charge in [0.15, 0.2) is 0 Å². The summed E-state index contributed by atoms with van der Waals surface area (Å²) in [5.74, 6) is -4.69. The first kappa shape index (κ1) is 9.90. The summed E-state index contributed by atoms with van der Waals surface area (Å²) < 4.78 is 25.4. The van der Waals surface area contributed by atoms with Gasteiger partial charge in [-0.2, -0.15) is 5.26 Å². The molecule has 0 aliphatic heterocycles. The van der Waals surface area contributed by atoms with Gasteiger partial charge in [0.2, 0.25) is 5.91 Å². The van der Waals surface area contributed by atoms with Crippen molar-refractivity contribution in [1.82, 2.24) is 4.90 Å². The quantitative estimate of drug-likeness (QED) is 0.607. The van der Waals surface area contributed by atoms with Crippen LogP contribution in [0.3, 0.4) is 0 Å². The second-order valence-electron chi connectivity index (χ2n) is 3.20. The molecule has 1 unspecified atom stereocenters. The predicted octanol–water partition coefficient (Wildman–Crippen LogP) is 1.01. The molecule has 0 bridgehead atoms. The molecule has 72 valence electrons. The van der Waals surface area contributed by atoms with E-state index in [4.69, 9.17) is 5.26 Å². The monoisotopic (exact) mass is 188 g/mol. The summed E-state index contributed by atoms with van der Waals surface area (Å²) in [5, 5.41) is 8.26. The van der Waals surface area contributed by atoms with Gasteiger partial charge in [0, 0.05) is 13.5 Å². The van der Waals surface area contributed by atoms with Crippen LogP contribution in [0.4, 0.5) is 8.78 Å². The lowest BCUT2D eigenvalue weighted by Crippen LogP contribution is -2.49. The molecule has 1 atom stereocenters. The van der Waals surface area contributed by atoms with Gasteiger partial charge >= 0.3 is 0 Å². The van der Waals surface area contributed by atoms with Crippen molar-refractivity contribution in [3.63, 3.8) is 0 Å². The number of halogens is 2. The Morgan fingerprint density at radius 2 is 2.38 bits per heavy atom. The van der Waals surface area contributed by atoms with Crippen LogP contribution in [0.5, 0.6) is 0 Å². The number of hydrogen-bond acceptors (Lipinski definition) is 2. The number of amides is 1. The maximum Gasteiger partial charge on any atom is 0.259 e. The maximum atomic E-state index is 12.7. The average molecular weight is 188 g/mol. The number of carbonyl (C=O) groups is 1. The lowest BCUT2D eigenvalue weighted by Gasteiger charge is -2.36. The summed E-state index contributed by atoms with van der Waals surface area (Å²) in [6, 6.07) is 1.74. The largest absolute Gasteiger partial charge is 0.332 e. The topological polar surface area (TPSA) is 44.1 Å². The molecule has 1 aliphatic carbocycles. The molecule has 5 heteroatoms. The van der Waals surface area contributed by atoms with Crippen molar-refractivity contribution in [1.29, 1.82) is 5.26 Å². The molecule has 0 spiro atoms. The van der Waals surface area contributed by atoms with E-state index in [1.807, 2.05) is 0 Å². The summed E-state index contributed by atoms with van der Waals surface area (Å²) in [6.07, 6.45) is 0.00536. The minimum absolute atomic E-state index is 0.134. The summed E-state index contributed by atoms with van der Waals surface area (Å²) >= 11 is 0. The van der Waals surface area contributed by atoms with Crippen LogP contribution in [0.15, 0.2) is 0 Å². The summed E-state index contributed by atoms with van der Waals surface area (Å²) in [5.41, 5.74) is 0. The van der Waals surface area contributed by atoms with E-state index in [0.29, 0.717) is 0 Å². The molecule has 0 radical (unpaired) electrons.